The van der Waals surface area contributed by atoms with E-state index < -0.39 is 0 Å². The minimum atomic E-state index is -0.195. The molecule has 0 aliphatic carbocycles. The van der Waals surface area contributed by atoms with Gasteiger partial charge in [0.25, 0.3) is 0 Å². The Labute approximate surface area is 125 Å². The Kier molecular flexibility index (Phi) is 4.95. The van der Waals surface area contributed by atoms with Gasteiger partial charge in [0, 0.05) is 24.7 Å². The van der Waals surface area contributed by atoms with Crippen molar-refractivity contribution < 1.29 is 4.79 Å². The van der Waals surface area contributed by atoms with Crippen molar-refractivity contribution in [1.29, 1.82) is 0 Å². The van der Waals surface area contributed by atoms with Crippen LogP contribution in [0.1, 0.15) is 25.3 Å². The zero-order valence-electron chi connectivity index (χ0n) is 11.8. The molecule has 0 atom stereocenters. The maximum Gasteiger partial charge on any atom is 0.220 e. The van der Waals surface area contributed by atoms with Crippen LogP contribution in [0.3, 0.4) is 0 Å². The van der Waals surface area contributed by atoms with Crippen molar-refractivity contribution in [2.45, 2.75) is 26.2 Å². The van der Waals surface area contributed by atoms with E-state index in [2.05, 4.69) is 23.2 Å². The van der Waals surface area contributed by atoms with E-state index in [1.165, 1.54) is 5.56 Å². The number of primary amides is 1. The summed E-state index contributed by atoms with van der Waals surface area (Å²) >= 11 is 5.47. The van der Waals surface area contributed by atoms with Crippen molar-refractivity contribution in [1.82, 2.24) is 4.90 Å². The fraction of sp³-hybridized carbons (Fsp3) is 0.467. The van der Waals surface area contributed by atoms with Crippen molar-refractivity contribution in [3.8, 4) is 0 Å². The van der Waals surface area contributed by atoms with Gasteiger partial charge in [-0.2, -0.15) is 0 Å². The quantitative estimate of drug-likeness (QED) is 0.838. The Bertz CT molecular complexity index is 496. The summed E-state index contributed by atoms with van der Waals surface area (Å²) in [4.78, 5) is 13.3. The summed E-state index contributed by atoms with van der Waals surface area (Å²) in [6, 6.07) is 8.18. The van der Waals surface area contributed by atoms with Gasteiger partial charge in [-0.05, 0) is 43.1 Å². The van der Waals surface area contributed by atoms with Crippen LogP contribution in [-0.2, 0) is 11.2 Å². The lowest BCUT2D eigenvalue weighted by Gasteiger charge is -2.32. The van der Waals surface area contributed by atoms with E-state index in [9.17, 15) is 4.79 Å². The second-order valence-corrected chi connectivity index (χ2v) is 5.49. The van der Waals surface area contributed by atoms with Crippen molar-refractivity contribution in [2.75, 3.05) is 18.4 Å². The van der Waals surface area contributed by atoms with Gasteiger partial charge in [0.2, 0.25) is 5.91 Å². The first-order valence-electron chi connectivity index (χ1n) is 7.05. The van der Waals surface area contributed by atoms with E-state index in [-0.39, 0.29) is 11.8 Å². The number of piperidine rings is 1. The molecule has 1 aromatic carbocycles. The Hall–Kier alpha value is -1.62. The normalized spacial score (nSPS) is 15.9. The summed E-state index contributed by atoms with van der Waals surface area (Å²) in [6.07, 6.45) is 2.54. The van der Waals surface area contributed by atoms with Gasteiger partial charge in [-0.15, -0.1) is 0 Å². The Balaban J connectivity index is 1.94. The topological polar surface area (TPSA) is 58.4 Å². The number of nitrogens with two attached hydrogens (primary N) is 1. The summed E-state index contributed by atoms with van der Waals surface area (Å²) < 4.78 is 0. The van der Waals surface area contributed by atoms with E-state index >= 15 is 0 Å². The maximum absolute atomic E-state index is 11.2. The molecular weight excluding hydrogens is 270 g/mol. The van der Waals surface area contributed by atoms with Gasteiger partial charge in [-0.1, -0.05) is 25.1 Å². The number of thiocarbonyl (C=S) groups is 1. The molecule has 0 aromatic heterocycles. The van der Waals surface area contributed by atoms with E-state index in [1.54, 1.807) is 0 Å². The van der Waals surface area contributed by atoms with Crippen LogP contribution in [0.15, 0.2) is 24.3 Å². The molecule has 1 amide bonds. The minimum Gasteiger partial charge on any atom is -0.369 e. The number of nitrogens with one attached hydrogen (secondary N) is 1. The number of hydrogen-bond donors (Lipinski definition) is 2. The number of aryl methyl sites for hydroxylation is 1. The molecule has 1 fully saturated rings. The Morgan fingerprint density at radius 3 is 2.65 bits per heavy atom. The summed E-state index contributed by atoms with van der Waals surface area (Å²) in [7, 11) is 0. The summed E-state index contributed by atoms with van der Waals surface area (Å²) in [5, 5.41) is 4.05. The Morgan fingerprint density at radius 1 is 1.40 bits per heavy atom. The van der Waals surface area contributed by atoms with E-state index in [0.717, 1.165) is 43.2 Å². The van der Waals surface area contributed by atoms with Crippen LogP contribution < -0.4 is 11.1 Å². The molecule has 0 spiro atoms. The van der Waals surface area contributed by atoms with Crippen LogP contribution in [0.4, 0.5) is 5.69 Å². The predicted octanol–water partition coefficient (Wildman–Crippen LogP) is 2.14. The molecule has 5 heteroatoms. The number of nitrogens with zero attached hydrogens (tertiary/aromatic N) is 1. The fourth-order valence-corrected chi connectivity index (χ4v) is 2.80. The second-order valence-electron chi connectivity index (χ2n) is 5.10. The third kappa shape index (κ3) is 3.48. The van der Waals surface area contributed by atoms with Gasteiger partial charge < -0.3 is 16.0 Å². The summed E-state index contributed by atoms with van der Waals surface area (Å²) in [5.41, 5.74) is 7.66. The van der Waals surface area contributed by atoms with Crippen LogP contribution in [0.5, 0.6) is 0 Å². The van der Waals surface area contributed by atoms with Crippen LogP contribution in [0.2, 0.25) is 0 Å². The second kappa shape index (κ2) is 6.70. The molecule has 0 bridgehead atoms. The van der Waals surface area contributed by atoms with Crippen LogP contribution in [0.25, 0.3) is 0 Å². The van der Waals surface area contributed by atoms with Crippen molar-refractivity contribution in [2.24, 2.45) is 11.7 Å². The molecule has 4 nitrogen and oxygen atoms in total. The number of carbonyl (C=O) groups is 1. The molecule has 1 heterocycles. The SMILES string of the molecule is CCc1ccccc1NC(=S)N1CCC(C(N)=O)CC1. The van der Waals surface area contributed by atoms with Crippen molar-refractivity contribution in [3.63, 3.8) is 0 Å². The standard InChI is InChI=1S/C15H21N3OS/c1-2-11-5-3-4-6-13(11)17-15(20)18-9-7-12(8-10-18)14(16)19/h3-6,12H,2,7-10H2,1H3,(H2,16,19)(H,17,20). The van der Waals surface area contributed by atoms with Gasteiger partial charge in [-0.25, -0.2) is 0 Å². The largest absolute Gasteiger partial charge is 0.369 e. The number of benzene rings is 1. The van der Waals surface area contributed by atoms with Gasteiger partial charge in [0.05, 0.1) is 0 Å². The minimum absolute atomic E-state index is 0.00280. The van der Waals surface area contributed by atoms with Gasteiger partial charge in [-0.3, -0.25) is 4.79 Å². The first kappa shape index (κ1) is 14.8. The van der Waals surface area contributed by atoms with Gasteiger partial charge in [0.15, 0.2) is 5.11 Å². The molecule has 1 aliphatic rings. The molecule has 0 radical (unpaired) electrons. The van der Waals surface area contributed by atoms with Crippen LogP contribution in [-0.4, -0.2) is 29.0 Å². The predicted molar refractivity (Wildman–Crippen MR) is 85.5 cm³/mol. The molecule has 2 rings (SSSR count). The maximum atomic E-state index is 11.2. The average Bonchev–Trinajstić information content (AvgIpc) is 2.48. The van der Waals surface area contributed by atoms with Gasteiger partial charge in [0.1, 0.15) is 0 Å². The average molecular weight is 291 g/mol. The van der Waals surface area contributed by atoms with Crippen molar-refractivity contribution in [3.05, 3.63) is 29.8 Å². The highest BCUT2D eigenvalue weighted by Crippen LogP contribution is 2.20. The fourth-order valence-electron chi connectivity index (χ4n) is 2.51. The van der Waals surface area contributed by atoms with Crippen LogP contribution >= 0.6 is 12.2 Å². The molecule has 3 N–H and O–H groups in total. The number of para-hydroxylation sites is 1. The highest BCUT2D eigenvalue weighted by molar-refractivity contribution is 7.80. The lowest BCUT2D eigenvalue weighted by molar-refractivity contribution is -0.122. The molecule has 0 saturated carbocycles. The number of hydrogen-bond acceptors (Lipinski definition) is 2. The molecule has 1 saturated heterocycles. The Morgan fingerprint density at radius 2 is 2.05 bits per heavy atom. The van der Waals surface area contributed by atoms with E-state index in [0.29, 0.717) is 0 Å². The van der Waals surface area contributed by atoms with E-state index in [1.807, 2.05) is 18.2 Å². The molecule has 1 aromatic rings. The lowest BCUT2D eigenvalue weighted by atomic mass is 9.97. The summed E-state index contributed by atoms with van der Waals surface area (Å²) in [5.74, 6) is -0.197. The van der Waals surface area contributed by atoms with Crippen LogP contribution in [0, 0.1) is 5.92 Å². The first-order chi connectivity index (χ1) is 9.61. The molecule has 0 unspecified atom stereocenters. The number of carbonyl (C=O) groups excluding carboxylic acids is 1. The number of anilines is 1. The highest BCUT2D eigenvalue weighted by Gasteiger charge is 2.24. The number of rotatable bonds is 3. The molecule has 1 aliphatic heterocycles. The third-order valence-electron chi connectivity index (χ3n) is 3.82. The van der Waals surface area contributed by atoms with Crippen molar-refractivity contribution >= 4 is 28.9 Å². The third-order valence-corrected chi connectivity index (χ3v) is 4.18. The van der Waals surface area contributed by atoms with E-state index in [4.69, 9.17) is 18.0 Å². The van der Waals surface area contributed by atoms with Gasteiger partial charge >= 0.3 is 0 Å². The number of amides is 1. The summed E-state index contributed by atoms with van der Waals surface area (Å²) in [6.45, 7) is 3.70. The monoisotopic (exact) mass is 291 g/mol. The molecular formula is C15H21N3OS. The molecule has 108 valence electrons. The number of likely N-dealkylation sites (tertiary alicyclic amines) is 1. The smallest absolute Gasteiger partial charge is 0.220 e. The molecule has 20 heavy (non-hydrogen) atoms. The first-order valence-corrected chi connectivity index (χ1v) is 7.45. The highest BCUT2D eigenvalue weighted by atomic mass is 32.1. The lowest BCUT2D eigenvalue weighted by Crippen LogP contribution is -2.43. The zero-order valence-corrected chi connectivity index (χ0v) is 12.6. The zero-order chi connectivity index (χ0) is 14.5.